The highest BCUT2D eigenvalue weighted by Crippen LogP contribution is 2.14. The third kappa shape index (κ3) is 23.7. The Labute approximate surface area is 189 Å². The van der Waals surface area contributed by atoms with Gasteiger partial charge < -0.3 is 9.47 Å². The number of unbranched alkanes of at least 4 members (excludes halogenated alkanes) is 15. The molecule has 0 radical (unpaired) electrons. The van der Waals surface area contributed by atoms with Crippen molar-refractivity contribution in [3.05, 3.63) is 24.8 Å². The Hall–Kier alpha value is -0.600. The van der Waals surface area contributed by atoms with Crippen molar-refractivity contribution in [2.45, 2.75) is 142 Å². The van der Waals surface area contributed by atoms with Crippen LogP contribution in [0.4, 0.5) is 0 Å². The van der Waals surface area contributed by atoms with Crippen molar-refractivity contribution < 1.29 is 9.47 Å². The number of ether oxygens (including phenoxy) is 2. The molecular formula is C28H54O2. The average molecular weight is 423 g/mol. The van der Waals surface area contributed by atoms with Gasteiger partial charge in [-0.15, -0.1) is 0 Å². The summed E-state index contributed by atoms with van der Waals surface area (Å²) in [5, 5.41) is 0. The van der Waals surface area contributed by atoms with Crippen molar-refractivity contribution >= 4 is 0 Å². The molecular weight excluding hydrogens is 368 g/mol. The van der Waals surface area contributed by atoms with Crippen LogP contribution in [0.15, 0.2) is 24.8 Å². The summed E-state index contributed by atoms with van der Waals surface area (Å²) in [6.07, 6.45) is 30.6. The minimum atomic E-state index is 0.0202. The van der Waals surface area contributed by atoms with Crippen LogP contribution in [0.1, 0.15) is 136 Å². The molecule has 0 aliphatic carbocycles. The molecule has 0 heterocycles. The van der Waals surface area contributed by atoms with Crippen molar-refractivity contribution in [1.29, 1.82) is 0 Å². The minimum absolute atomic E-state index is 0.0202. The molecule has 0 saturated heterocycles. The van der Waals surface area contributed by atoms with Gasteiger partial charge in [-0.05, 0) is 38.5 Å². The van der Waals surface area contributed by atoms with Crippen molar-refractivity contribution in [3.63, 3.8) is 0 Å². The maximum absolute atomic E-state index is 6.13. The maximum atomic E-state index is 6.13. The molecule has 0 aromatic carbocycles. The van der Waals surface area contributed by atoms with Gasteiger partial charge in [-0.25, -0.2) is 0 Å². The molecule has 0 spiro atoms. The zero-order chi connectivity index (χ0) is 22.0. The van der Waals surface area contributed by atoms with Crippen LogP contribution < -0.4 is 0 Å². The van der Waals surface area contributed by atoms with E-state index in [9.17, 15) is 0 Å². The Morgan fingerprint density at radius 1 is 0.600 bits per heavy atom. The monoisotopic (exact) mass is 422 g/mol. The van der Waals surface area contributed by atoms with Crippen LogP contribution in [-0.2, 0) is 9.47 Å². The second-order valence-corrected chi connectivity index (χ2v) is 8.72. The lowest BCUT2D eigenvalue weighted by atomic mass is 10.1. The topological polar surface area (TPSA) is 18.5 Å². The number of allylic oxidation sites excluding steroid dienone is 3. The Morgan fingerprint density at radius 2 is 1.07 bits per heavy atom. The van der Waals surface area contributed by atoms with Gasteiger partial charge >= 0.3 is 0 Å². The quantitative estimate of drug-likeness (QED) is 0.0828. The molecule has 0 fully saturated rings. The van der Waals surface area contributed by atoms with Crippen molar-refractivity contribution in [2.24, 2.45) is 0 Å². The molecule has 0 N–H and O–H groups in total. The second kappa shape index (κ2) is 26.4. The van der Waals surface area contributed by atoms with Gasteiger partial charge in [0, 0.05) is 13.2 Å². The summed E-state index contributed by atoms with van der Waals surface area (Å²) in [7, 11) is 0. The van der Waals surface area contributed by atoms with Gasteiger partial charge in [-0.3, -0.25) is 0 Å². The van der Waals surface area contributed by atoms with Crippen LogP contribution in [0.2, 0.25) is 0 Å². The third-order valence-electron chi connectivity index (χ3n) is 5.69. The predicted molar refractivity (Wildman–Crippen MR) is 134 cm³/mol. The molecule has 0 aliphatic heterocycles. The van der Waals surface area contributed by atoms with Gasteiger partial charge in [0.1, 0.15) is 0 Å². The van der Waals surface area contributed by atoms with Crippen LogP contribution >= 0.6 is 0 Å². The first-order valence-corrected chi connectivity index (χ1v) is 13.4. The highest BCUT2D eigenvalue weighted by atomic mass is 16.7. The lowest BCUT2D eigenvalue weighted by Crippen LogP contribution is -2.19. The smallest absolute Gasteiger partial charge is 0.157 e. The molecule has 0 atom stereocenters. The average Bonchev–Trinajstić information content (AvgIpc) is 2.76. The molecule has 0 saturated carbocycles. The summed E-state index contributed by atoms with van der Waals surface area (Å²) in [5.41, 5.74) is 0. The molecule has 178 valence electrons. The van der Waals surface area contributed by atoms with Crippen LogP contribution in [0, 0.1) is 0 Å². The molecule has 0 aromatic rings. The van der Waals surface area contributed by atoms with Crippen molar-refractivity contribution in [3.8, 4) is 0 Å². The summed E-state index contributed by atoms with van der Waals surface area (Å²) in [4.78, 5) is 0. The molecule has 30 heavy (non-hydrogen) atoms. The summed E-state index contributed by atoms with van der Waals surface area (Å²) >= 11 is 0. The lowest BCUT2D eigenvalue weighted by molar-refractivity contribution is -0.148. The Morgan fingerprint density at radius 3 is 1.60 bits per heavy atom. The standard InChI is InChI=1S/C28H54O2/c1-4-7-10-13-16-17-18-19-22-25-28(29-26-23-20-14-11-8-5-2)30-27-24-21-15-12-9-6-3/h4,7,10,28H,1,5-6,8-9,11-27H2,2-3H3/b10-7-. The van der Waals surface area contributed by atoms with Gasteiger partial charge in [0.25, 0.3) is 0 Å². The zero-order valence-corrected chi connectivity index (χ0v) is 20.7. The predicted octanol–water partition coefficient (Wildman–Crippen LogP) is 9.54. The number of hydrogen-bond donors (Lipinski definition) is 0. The van der Waals surface area contributed by atoms with Crippen LogP contribution in [0.5, 0.6) is 0 Å². The largest absolute Gasteiger partial charge is 0.353 e. The fourth-order valence-corrected chi connectivity index (χ4v) is 3.71. The first-order chi connectivity index (χ1) is 14.8. The van der Waals surface area contributed by atoms with E-state index in [0.29, 0.717) is 0 Å². The SMILES string of the molecule is C=C/C=C\CCCCCCCC(OCCCCCCCC)OCCCCCCCC. The molecule has 0 amide bonds. The Bertz CT molecular complexity index is 333. The normalized spacial score (nSPS) is 11.7. The number of hydrogen-bond acceptors (Lipinski definition) is 2. The van der Waals surface area contributed by atoms with E-state index < -0.39 is 0 Å². The summed E-state index contributed by atoms with van der Waals surface area (Å²) in [5.74, 6) is 0. The minimum Gasteiger partial charge on any atom is -0.353 e. The van der Waals surface area contributed by atoms with E-state index in [1.54, 1.807) is 0 Å². The van der Waals surface area contributed by atoms with Crippen LogP contribution in [0.3, 0.4) is 0 Å². The van der Waals surface area contributed by atoms with E-state index in [1.807, 2.05) is 12.2 Å². The van der Waals surface area contributed by atoms with E-state index >= 15 is 0 Å². The van der Waals surface area contributed by atoms with Crippen LogP contribution in [-0.4, -0.2) is 19.5 Å². The van der Waals surface area contributed by atoms with E-state index in [2.05, 4.69) is 26.5 Å². The van der Waals surface area contributed by atoms with E-state index in [4.69, 9.17) is 9.47 Å². The first kappa shape index (κ1) is 29.4. The molecule has 0 bridgehead atoms. The second-order valence-electron chi connectivity index (χ2n) is 8.72. The fraction of sp³-hybridized carbons (Fsp3) is 0.857. The molecule has 0 aromatic heterocycles. The molecule has 0 rings (SSSR count). The molecule has 0 unspecified atom stereocenters. The maximum Gasteiger partial charge on any atom is 0.157 e. The summed E-state index contributed by atoms with van der Waals surface area (Å²) in [6.45, 7) is 9.98. The van der Waals surface area contributed by atoms with Gasteiger partial charge in [-0.1, -0.05) is 122 Å². The van der Waals surface area contributed by atoms with Crippen LogP contribution in [0.25, 0.3) is 0 Å². The fourth-order valence-electron chi connectivity index (χ4n) is 3.71. The first-order valence-electron chi connectivity index (χ1n) is 13.4. The highest BCUT2D eigenvalue weighted by molar-refractivity contribution is 4.96. The van der Waals surface area contributed by atoms with Gasteiger partial charge in [0.15, 0.2) is 6.29 Å². The zero-order valence-electron chi connectivity index (χ0n) is 20.7. The third-order valence-corrected chi connectivity index (χ3v) is 5.69. The van der Waals surface area contributed by atoms with E-state index in [0.717, 1.165) is 19.6 Å². The van der Waals surface area contributed by atoms with Crippen molar-refractivity contribution in [1.82, 2.24) is 0 Å². The molecule has 2 nitrogen and oxygen atoms in total. The summed E-state index contributed by atoms with van der Waals surface area (Å²) < 4.78 is 12.3. The highest BCUT2D eigenvalue weighted by Gasteiger charge is 2.09. The van der Waals surface area contributed by atoms with Gasteiger partial charge in [-0.2, -0.15) is 0 Å². The Kier molecular flexibility index (Phi) is 25.9. The summed E-state index contributed by atoms with van der Waals surface area (Å²) in [6, 6.07) is 0. The lowest BCUT2D eigenvalue weighted by Gasteiger charge is -2.19. The molecule has 0 aliphatic rings. The Balaban J connectivity index is 3.85. The van der Waals surface area contributed by atoms with Gasteiger partial charge in [0.2, 0.25) is 0 Å². The van der Waals surface area contributed by atoms with Crippen molar-refractivity contribution in [2.75, 3.05) is 13.2 Å². The van der Waals surface area contributed by atoms with Gasteiger partial charge in [0.05, 0.1) is 0 Å². The molecule has 2 heteroatoms. The van der Waals surface area contributed by atoms with E-state index in [-0.39, 0.29) is 6.29 Å². The number of rotatable bonds is 25. The van der Waals surface area contributed by atoms with E-state index in [1.165, 1.54) is 116 Å².